The van der Waals surface area contributed by atoms with E-state index < -0.39 is 53.4 Å². The third kappa shape index (κ3) is 9.12. The molecule has 0 spiro atoms. The minimum absolute atomic E-state index is 0.130. The van der Waals surface area contributed by atoms with Crippen LogP contribution in [0.5, 0.6) is 0 Å². The van der Waals surface area contributed by atoms with Gasteiger partial charge in [0.05, 0.1) is 0 Å². The van der Waals surface area contributed by atoms with Crippen LogP contribution < -0.4 is 10.4 Å². The normalized spacial score (nSPS) is 23.8. The number of unbranched alkanes of at least 4 members (excludes halogenated alkanes) is 1. The van der Waals surface area contributed by atoms with Gasteiger partial charge in [-0.15, -0.1) is 0 Å². The second kappa shape index (κ2) is 16.4. The first-order valence-electron chi connectivity index (χ1n) is 16.2. The van der Waals surface area contributed by atoms with E-state index in [-0.39, 0.29) is 16.7 Å². The van der Waals surface area contributed by atoms with Crippen molar-refractivity contribution in [2.24, 2.45) is 0 Å². The van der Waals surface area contributed by atoms with Gasteiger partial charge in [0, 0.05) is 0 Å². The molecule has 2 aromatic carbocycles. The van der Waals surface area contributed by atoms with E-state index in [9.17, 15) is 10.2 Å². The van der Waals surface area contributed by atoms with E-state index in [1.165, 1.54) is 7.00 Å². The van der Waals surface area contributed by atoms with Gasteiger partial charge in [-0.1, -0.05) is 0 Å². The molecular formula is C33H55B2O7PSi2. The zero-order chi connectivity index (χ0) is 33.5. The number of aliphatic hydroxyl groups excluding tert-OH is 2. The Morgan fingerprint density at radius 3 is 1.91 bits per heavy atom. The molecule has 0 radical (unpaired) electrons. The molecule has 1 saturated heterocycles. The molecule has 0 aromatic heterocycles. The van der Waals surface area contributed by atoms with Crippen LogP contribution in [0.1, 0.15) is 61.3 Å². The van der Waals surface area contributed by atoms with Gasteiger partial charge >= 0.3 is 278 Å². The van der Waals surface area contributed by atoms with Gasteiger partial charge in [0.2, 0.25) is 0 Å². The van der Waals surface area contributed by atoms with E-state index in [1.54, 1.807) is 6.52 Å². The van der Waals surface area contributed by atoms with Crippen LogP contribution in [0.2, 0.25) is 23.2 Å². The maximum absolute atomic E-state index is 11.8. The fraction of sp³-hybridized carbons (Fsp3) is 0.636. The molecule has 1 heterocycles. The molecule has 4 unspecified atom stereocenters. The van der Waals surface area contributed by atoms with Gasteiger partial charge in [0.15, 0.2) is 0 Å². The summed E-state index contributed by atoms with van der Waals surface area (Å²) in [6, 6.07) is 20.9. The number of aliphatic hydroxyl groups is 2. The fourth-order valence-corrected chi connectivity index (χ4v) is 11.6. The average molecular weight is 673 g/mol. The summed E-state index contributed by atoms with van der Waals surface area (Å²) in [7, 11) is -1.28. The van der Waals surface area contributed by atoms with Gasteiger partial charge in [-0.2, -0.15) is 0 Å². The van der Waals surface area contributed by atoms with Gasteiger partial charge in [0.25, 0.3) is 0 Å². The molecule has 7 nitrogen and oxygen atoms in total. The second-order valence-corrected chi connectivity index (χ2v) is 23.9. The van der Waals surface area contributed by atoms with Crippen molar-refractivity contribution in [1.82, 2.24) is 0 Å². The molecule has 0 bridgehead atoms. The predicted octanol–water partition coefficient (Wildman–Crippen LogP) is 4.63. The Hall–Kier alpha value is -1.01. The minimum atomic E-state index is -2.91. The van der Waals surface area contributed by atoms with E-state index in [4.69, 9.17) is 23.0 Å². The summed E-state index contributed by atoms with van der Waals surface area (Å²) in [5.41, 5.74) is 0. The molecule has 1 aliphatic heterocycles. The molecule has 0 amide bonds. The van der Waals surface area contributed by atoms with Crippen molar-refractivity contribution in [2.75, 3.05) is 13.2 Å². The van der Waals surface area contributed by atoms with Gasteiger partial charge < -0.3 is 0 Å². The Labute approximate surface area is 277 Å². The maximum atomic E-state index is 11.8. The van der Waals surface area contributed by atoms with E-state index >= 15 is 0 Å². The van der Waals surface area contributed by atoms with Crippen molar-refractivity contribution in [1.29, 1.82) is 0 Å². The molecule has 2 N–H and O–H groups in total. The van der Waals surface area contributed by atoms with Crippen LogP contribution in [-0.4, -0.2) is 90.4 Å². The quantitative estimate of drug-likeness (QED) is 0.172. The number of ether oxygens (including phenoxy) is 2. The van der Waals surface area contributed by atoms with Crippen molar-refractivity contribution < 1.29 is 33.2 Å². The number of benzene rings is 2. The Kier molecular flexibility index (Phi) is 14.0. The SMILES string of the molecule is CCCCO[C@@H](CO[Si](c1ccccc1)(c1ccccc1)C(C)(C)C)C1OC(O)[C@H](O[Si](C)(C)C(C)(C)C)C(O)[C@@H]1OB=BP. The number of hydrogen-bond donors (Lipinski definition) is 2. The van der Waals surface area contributed by atoms with Gasteiger partial charge in [-0.3, -0.25) is 0 Å². The van der Waals surface area contributed by atoms with Gasteiger partial charge in [-0.25, -0.2) is 0 Å². The van der Waals surface area contributed by atoms with Crippen LogP contribution in [0.4, 0.5) is 0 Å². The molecule has 3 rings (SSSR count). The molecule has 0 saturated carbocycles. The Bertz CT molecular complexity index is 1160. The van der Waals surface area contributed by atoms with Crippen molar-refractivity contribution in [2.45, 2.75) is 121 Å². The first-order chi connectivity index (χ1) is 21.1. The van der Waals surface area contributed by atoms with Crippen LogP contribution in [0.25, 0.3) is 0 Å². The molecule has 7 atom stereocenters. The van der Waals surface area contributed by atoms with Crippen molar-refractivity contribution in [3.63, 3.8) is 0 Å². The summed E-state index contributed by atoms with van der Waals surface area (Å²) in [4.78, 5) is 0. The van der Waals surface area contributed by atoms with Crippen LogP contribution in [-0.2, 0) is 23.0 Å². The van der Waals surface area contributed by atoms with Gasteiger partial charge in [0.1, 0.15) is 0 Å². The van der Waals surface area contributed by atoms with E-state index in [0.717, 1.165) is 23.2 Å². The number of rotatable bonds is 14. The zero-order valence-corrected chi connectivity index (χ0v) is 31.9. The molecule has 248 valence electrons. The topological polar surface area (TPSA) is 86.6 Å². The first-order valence-corrected chi connectivity index (χ1v) is 21.7. The van der Waals surface area contributed by atoms with Crippen LogP contribution in [0.15, 0.2) is 60.7 Å². The summed E-state index contributed by atoms with van der Waals surface area (Å²) in [5.74, 6) is 0. The molecule has 1 aliphatic rings. The molecule has 0 aliphatic carbocycles. The number of hydrogen-bond acceptors (Lipinski definition) is 7. The summed E-state index contributed by atoms with van der Waals surface area (Å²) in [6.07, 6.45) is -4.04. The Morgan fingerprint density at radius 2 is 1.44 bits per heavy atom. The van der Waals surface area contributed by atoms with Gasteiger partial charge in [-0.05, 0) is 0 Å². The molecule has 12 heteroatoms. The third-order valence-electron chi connectivity index (χ3n) is 9.20. The van der Waals surface area contributed by atoms with Crippen molar-refractivity contribution in [3.05, 3.63) is 60.7 Å². The predicted molar refractivity (Wildman–Crippen MR) is 193 cm³/mol. The Balaban J connectivity index is 2.05. The molecule has 45 heavy (non-hydrogen) atoms. The summed E-state index contributed by atoms with van der Waals surface area (Å²) in [5, 5.41) is 25.1. The molecule has 1 fully saturated rings. The summed E-state index contributed by atoms with van der Waals surface area (Å²) < 4.78 is 32.7. The van der Waals surface area contributed by atoms with Crippen LogP contribution in [0, 0.1) is 0 Å². The fourth-order valence-electron chi connectivity index (χ4n) is 5.69. The second-order valence-electron chi connectivity index (χ2n) is 14.5. The van der Waals surface area contributed by atoms with E-state index in [0.29, 0.717) is 6.61 Å². The summed E-state index contributed by atoms with van der Waals surface area (Å²) in [6.45, 7) is 21.7. The van der Waals surface area contributed by atoms with Crippen LogP contribution in [0.3, 0.4) is 0 Å². The monoisotopic (exact) mass is 672 g/mol. The van der Waals surface area contributed by atoms with E-state index in [2.05, 4.69) is 119 Å². The zero-order valence-electron chi connectivity index (χ0n) is 28.7. The summed E-state index contributed by atoms with van der Waals surface area (Å²) >= 11 is 0. The van der Waals surface area contributed by atoms with E-state index in [1.807, 2.05) is 12.1 Å². The Morgan fingerprint density at radius 1 is 0.889 bits per heavy atom. The standard InChI is InChI=1S/C33H55B2O7PSi2/c1-10-11-22-38-26(23-39-45(33(5,6)7,24-18-14-12-15-19-24)25-20-16-13-17-21-25)28-29(41-34-35-43)27(36)30(31(37)40-28)42-44(8,9)32(2,3)4/h12-21,26-31,36-37H,10-11,22-23,43H2,1-9H3/t26-,27?,28?,29-,30+,31?/m0/s1. The third-order valence-corrected chi connectivity index (χ3v) is 18.8. The molecular weight excluding hydrogens is 617 g/mol. The first kappa shape index (κ1) is 38.4. The van der Waals surface area contributed by atoms with Crippen molar-refractivity contribution in [3.8, 4) is 0 Å². The molecule has 2 aromatic rings. The van der Waals surface area contributed by atoms with Crippen molar-refractivity contribution >= 4 is 49.7 Å². The average Bonchev–Trinajstić information content (AvgIpc) is 2.98. The van der Waals surface area contributed by atoms with Crippen LogP contribution >= 0.6 is 9.12 Å².